The van der Waals surface area contributed by atoms with E-state index in [0.29, 0.717) is 19.7 Å². The molecule has 1 heterocycles. The van der Waals surface area contributed by atoms with Crippen LogP contribution in [0.15, 0.2) is 0 Å². The molecular weight excluding hydrogens is 252 g/mol. The molecule has 0 aromatic rings. The molecule has 1 aliphatic rings. The van der Waals surface area contributed by atoms with E-state index in [1.54, 1.807) is 11.8 Å². The van der Waals surface area contributed by atoms with Gasteiger partial charge in [-0.15, -0.1) is 0 Å². The van der Waals surface area contributed by atoms with Gasteiger partial charge in [-0.2, -0.15) is 0 Å². The predicted molar refractivity (Wildman–Crippen MR) is 72.6 cm³/mol. The Hall–Kier alpha value is -0.620. The molecule has 0 saturated carbocycles. The van der Waals surface area contributed by atoms with Crippen LogP contribution in [0.25, 0.3) is 0 Å². The minimum atomic E-state index is -1.04. The van der Waals surface area contributed by atoms with Gasteiger partial charge in [0.25, 0.3) is 0 Å². The van der Waals surface area contributed by atoms with Gasteiger partial charge in [0.15, 0.2) is 0 Å². The maximum Gasteiger partial charge on any atom is 0.409 e. The largest absolute Gasteiger partial charge is 0.450 e. The maximum absolute atomic E-state index is 11.9. The zero-order valence-electron chi connectivity index (χ0n) is 11.7. The van der Waals surface area contributed by atoms with Crippen molar-refractivity contribution in [3.05, 3.63) is 0 Å². The first-order valence-electron chi connectivity index (χ1n) is 6.44. The summed E-state index contributed by atoms with van der Waals surface area (Å²) in [5, 5.41) is 0. The fraction of sp³-hybridized carbons (Fsp3) is 0.917. The lowest BCUT2D eigenvalue weighted by atomic mass is 10.1. The molecule has 0 bridgehead atoms. The Bertz CT molecular complexity index is 307. The molecule has 0 spiro atoms. The molecule has 1 fully saturated rings. The zero-order chi connectivity index (χ0) is 13.8. The van der Waals surface area contributed by atoms with Crippen molar-refractivity contribution in [2.45, 2.75) is 51.3 Å². The first-order valence-corrected chi connectivity index (χ1v) is 7.59. The summed E-state index contributed by atoms with van der Waals surface area (Å²) in [5.74, 6) is 0. The molecule has 0 aromatic heterocycles. The van der Waals surface area contributed by atoms with Gasteiger partial charge in [0.05, 0.1) is 22.3 Å². The van der Waals surface area contributed by atoms with Gasteiger partial charge in [0.1, 0.15) is 0 Å². The topological polar surface area (TPSA) is 58.6 Å². The number of nitrogens with one attached hydrogen (secondary N) is 1. The summed E-state index contributed by atoms with van der Waals surface area (Å²) in [7, 11) is -1.04. The lowest BCUT2D eigenvalue weighted by molar-refractivity contribution is 0.0966. The number of ether oxygens (including phenoxy) is 1. The van der Waals surface area contributed by atoms with Gasteiger partial charge >= 0.3 is 6.09 Å². The molecule has 1 atom stereocenters. The molecule has 1 saturated heterocycles. The van der Waals surface area contributed by atoms with Crippen LogP contribution in [0.3, 0.4) is 0 Å². The molecule has 0 radical (unpaired) electrons. The molecule has 1 amide bonds. The Morgan fingerprint density at radius 3 is 2.39 bits per heavy atom. The molecule has 1 N–H and O–H groups in total. The van der Waals surface area contributed by atoms with Crippen molar-refractivity contribution in [2.75, 3.05) is 19.7 Å². The van der Waals surface area contributed by atoms with Gasteiger partial charge in [0, 0.05) is 19.1 Å². The standard InChI is InChI=1S/C12H24N2O3S/c1-5-17-11(15)14-8-6-10(7-9-14)13-18(16)12(2,3)4/h10,13H,5-9H2,1-4H3. The highest BCUT2D eigenvalue weighted by Gasteiger charge is 2.27. The Labute approximate surface area is 112 Å². The molecule has 0 aliphatic carbocycles. The number of hydrogen-bond acceptors (Lipinski definition) is 3. The highest BCUT2D eigenvalue weighted by atomic mass is 32.2. The number of hydrogen-bond donors (Lipinski definition) is 1. The van der Waals surface area contributed by atoms with E-state index < -0.39 is 11.0 Å². The van der Waals surface area contributed by atoms with E-state index in [2.05, 4.69) is 4.72 Å². The molecule has 18 heavy (non-hydrogen) atoms. The van der Waals surface area contributed by atoms with Gasteiger partial charge < -0.3 is 9.64 Å². The minimum Gasteiger partial charge on any atom is -0.450 e. The van der Waals surface area contributed by atoms with Crippen molar-refractivity contribution in [2.24, 2.45) is 0 Å². The maximum atomic E-state index is 11.9. The molecule has 5 nitrogen and oxygen atoms in total. The summed E-state index contributed by atoms with van der Waals surface area (Å²) in [6, 6.07) is 0.218. The fourth-order valence-corrected chi connectivity index (χ4v) is 2.61. The van der Waals surface area contributed by atoms with Crippen LogP contribution < -0.4 is 4.72 Å². The van der Waals surface area contributed by atoms with Gasteiger partial charge in [-0.05, 0) is 40.5 Å². The highest BCUT2D eigenvalue weighted by Crippen LogP contribution is 2.15. The van der Waals surface area contributed by atoms with Crippen LogP contribution in [0.1, 0.15) is 40.5 Å². The lowest BCUT2D eigenvalue weighted by Crippen LogP contribution is -2.47. The van der Waals surface area contributed by atoms with Crippen molar-refractivity contribution in [3.8, 4) is 0 Å². The highest BCUT2D eigenvalue weighted by molar-refractivity contribution is 7.84. The number of rotatable bonds is 3. The summed E-state index contributed by atoms with van der Waals surface area (Å²) in [6.45, 7) is 9.39. The number of carbonyl (C=O) groups excluding carboxylic acids is 1. The third kappa shape index (κ3) is 4.57. The minimum absolute atomic E-state index is 0.218. The quantitative estimate of drug-likeness (QED) is 0.853. The summed E-state index contributed by atoms with van der Waals surface area (Å²) >= 11 is 0. The average Bonchev–Trinajstić information content (AvgIpc) is 2.29. The van der Waals surface area contributed by atoms with Crippen LogP contribution in [0, 0.1) is 0 Å². The van der Waals surface area contributed by atoms with Crippen LogP contribution in [0.5, 0.6) is 0 Å². The van der Waals surface area contributed by atoms with Gasteiger partial charge in [0.2, 0.25) is 0 Å². The Morgan fingerprint density at radius 1 is 1.39 bits per heavy atom. The third-order valence-electron chi connectivity index (χ3n) is 2.85. The van der Waals surface area contributed by atoms with Crippen LogP contribution in [-0.4, -0.2) is 45.7 Å². The Kier molecular flexibility index (Phi) is 5.59. The van der Waals surface area contributed by atoms with E-state index in [1.165, 1.54) is 0 Å². The summed E-state index contributed by atoms with van der Waals surface area (Å²) in [6.07, 6.45) is 1.40. The van der Waals surface area contributed by atoms with Gasteiger partial charge in [-0.25, -0.2) is 13.7 Å². The molecule has 1 rings (SSSR count). The van der Waals surface area contributed by atoms with E-state index in [4.69, 9.17) is 4.74 Å². The van der Waals surface area contributed by atoms with Gasteiger partial charge in [-0.3, -0.25) is 0 Å². The third-order valence-corrected chi connectivity index (χ3v) is 4.51. The average molecular weight is 276 g/mol. The number of nitrogens with zero attached hydrogens (tertiary/aromatic N) is 1. The van der Waals surface area contributed by atoms with Crippen LogP contribution >= 0.6 is 0 Å². The summed E-state index contributed by atoms with van der Waals surface area (Å²) in [4.78, 5) is 13.2. The lowest BCUT2D eigenvalue weighted by Gasteiger charge is -2.32. The van der Waals surface area contributed by atoms with E-state index >= 15 is 0 Å². The Morgan fingerprint density at radius 2 is 1.94 bits per heavy atom. The van der Waals surface area contributed by atoms with E-state index in [0.717, 1.165) is 12.8 Å². The van der Waals surface area contributed by atoms with Crippen molar-refractivity contribution in [1.29, 1.82) is 0 Å². The number of carbonyl (C=O) groups is 1. The summed E-state index contributed by atoms with van der Waals surface area (Å²) in [5.41, 5.74) is 0. The molecule has 1 aliphatic heterocycles. The SMILES string of the molecule is CCOC(=O)N1CCC(NS(=O)C(C)(C)C)CC1. The summed E-state index contributed by atoms with van der Waals surface area (Å²) < 4.78 is 19.8. The second-order valence-electron chi connectivity index (χ2n) is 5.46. The van der Waals surface area contributed by atoms with Crippen molar-refractivity contribution >= 4 is 17.1 Å². The zero-order valence-corrected chi connectivity index (χ0v) is 12.5. The first kappa shape index (κ1) is 15.4. The van der Waals surface area contributed by atoms with Crippen LogP contribution in [0.4, 0.5) is 4.79 Å². The second-order valence-corrected chi connectivity index (χ2v) is 7.46. The smallest absolute Gasteiger partial charge is 0.409 e. The van der Waals surface area contributed by atoms with Gasteiger partial charge in [-0.1, -0.05) is 0 Å². The second kappa shape index (κ2) is 6.52. The normalized spacial score (nSPS) is 19.7. The van der Waals surface area contributed by atoms with E-state index in [-0.39, 0.29) is 16.9 Å². The molecule has 6 heteroatoms. The van der Waals surface area contributed by atoms with Crippen molar-refractivity contribution < 1.29 is 13.7 Å². The van der Waals surface area contributed by atoms with Crippen LogP contribution in [0.2, 0.25) is 0 Å². The predicted octanol–water partition coefficient (Wildman–Crippen LogP) is 1.66. The van der Waals surface area contributed by atoms with Crippen molar-refractivity contribution in [1.82, 2.24) is 9.62 Å². The molecule has 1 unspecified atom stereocenters. The number of amides is 1. The first-order chi connectivity index (χ1) is 8.34. The Balaban J connectivity index is 2.36. The van der Waals surface area contributed by atoms with E-state index in [9.17, 15) is 9.00 Å². The monoisotopic (exact) mass is 276 g/mol. The fourth-order valence-electron chi connectivity index (χ4n) is 1.72. The van der Waals surface area contributed by atoms with Crippen molar-refractivity contribution in [3.63, 3.8) is 0 Å². The van der Waals surface area contributed by atoms with Crippen LogP contribution in [-0.2, 0) is 15.7 Å². The molecule has 0 aromatic carbocycles. The number of likely N-dealkylation sites (tertiary alicyclic amines) is 1. The molecular formula is C12H24N2O3S. The number of piperidine rings is 1. The van der Waals surface area contributed by atoms with E-state index in [1.807, 2.05) is 20.8 Å². The molecule has 106 valence electrons.